The smallest absolute Gasteiger partial charge is 0.203 e. The zero-order valence-corrected chi connectivity index (χ0v) is 10.0. The molecule has 6 heteroatoms. The van der Waals surface area contributed by atoms with Gasteiger partial charge in [0.2, 0.25) is 5.75 Å². The molecular weight excluding hydrogens is 206 g/mol. The normalized spacial score (nSPS) is 10.5. The summed E-state index contributed by atoms with van der Waals surface area (Å²) in [4.78, 5) is 10.1. The Morgan fingerprint density at radius 1 is 1.50 bits per heavy atom. The number of likely N-dealkylation sites (N-methyl/N-ethyl adjacent to an activating group) is 1. The molecule has 3 N–H and O–H groups in total. The van der Waals surface area contributed by atoms with E-state index in [2.05, 4.69) is 34.2 Å². The van der Waals surface area contributed by atoms with Gasteiger partial charge in [-0.15, -0.1) is 0 Å². The van der Waals surface area contributed by atoms with Gasteiger partial charge in [0, 0.05) is 13.1 Å². The summed E-state index contributed by atoms with van der Waals surface area (Å²) in [5.74, 6) is 1.49. The third-order valence-corrected chi connectivity index (χ3v) is 2.36. The van der Waals surface area contributed by atoms with Crippen LogP contribution in [0.25, 0.3) is 0 Å². The molecule has 1 aromatic rings. The second kappa shape index (κ2) is 6.12. The predicted octanol–water partition coefficient (Wildman–Crippen LogP) is 0.431. The van der Waals surface area contributed by atoms with Crippen LogP contribution >= 0.6 is 0 Å². The Kier molecular flexibility index (Phi) is 4.78. The number of ether oxygens (including phenoxy) is 1. The zero-order chi connectivity index (χ0) is 12.0. The topological polar surface area (TPSA) is 76.3 Å². The van der Waals surface area contributed by atoms with Gasteiger partial charge in [0.05, 0.1) is 7.11 Å². The summed E-state index contributed by atoms with van der Waals surface area (Å²) in [5, 5.41) is 3.17. The minimum Gasteiger partial charge on any atom is -0.490 e. The molecule has 0 amide bonds. The van der Waals surface area contributed by atoms with Gasteiger partial charge in [0.1, 0.15) is 6.33 Å². The molecule has 0 aliphatic heterocycles. The number of nitrogens with one attached hydrogen (secondary N) is 1. The molecule has 0 unspecified atom stereocenters. The van der Waals surface area contributed by atoms with Crippen LogP contribution in [-0.4, -0.2) is 48.7 Å². The largest absolute Gasteiger partial charge is 0.490 e. The first-order valence-corrected chi connectivity index (χ1v) is 5.25. The molecule has 0 fully saturated rings. The lowest BCUT2D eigenvalue weighted by Crippen LogP contribution is -2.25. The van der Waals surface area contributed by atoms with Crippen LogP contribution in [0.4, 0.5) is 11.6 Å². The van der Waals surface area contributed by atoms with Crippen LogP contribution in [0.15, 0.2) is 6.33 Å². The molecule has 0 saturated carbocycles. The molecular formula is C10H19N5O. The lowest BCUT2D eigenvalue weighted by atomic mass is 10.4. The number of hydrogen-bond donors (Lipinski definition) is 2. The molecule has 90 valence electrons. The van der Waals surface area contributed by atoms with E-state index in [1.54, 1.807) is 7.11 Å². The predicted molar refractivity (Wildman–Crippen MR) is 64.7 cm³/mol. The minimum absolute atomic E-state index is 0.351. The molecule has 0 spiro atoms. The highest BCUT2D eigenvalue weighted by Crippen LogP contribution is 2.25. The van der Waals surface area contributed by atoms with E-state index in [0.717, 1.165) is 19.6 Å². The van der Waals surface area contributed by atoms with Crippen molar-refractivity contribution in [3.8, 4) is 5.75 Å². The van der Waals surface area contributed by atoms with Crippen molar-refractivity contribution in [2.75, 3.05) is 44.8 Å². The van der Waals surface area contributed by atoms with Gasteiger partial charge in [-0.3, -0.25) is 0 Å². The fourth-order valence-corrected chi connectivity index (χ4v) is 1.24. The maximum atomic E-state index is 5.66. The zero-order valence-electron chi connectivity index (χ0n) is 10.0. The highest BCUT2D eigenvalue weighted by Gasteiger charge is 2.08. The van der Waals surface area contributed by atoms with Crippen LogP contribution < -0.4 is 15.8 Å². The van der Waals surface area contributed by atoms with E-state index in [1.165, 1.54) is 6.33 Å². The molecule has 1 heterocycles. The van der Waals surface area contributed by atoms with Crippen molar-refractivity contribution in [3.63, 3.8) is 0 Å². The summed E-state index contributed by atoms with van der Waals surface area (Å²) in [6.45, 7) is 4.86. The maximum absolute atomic E-state index is 5.66. The quantitative estimate of drug-likeness (QED) is 0.731. The Balaban J connectivity index is 2.56. The van der Waals surface area contributed by atoms with Crippen molar-refractivity contribution in [3.05, 3.63) is 6.33 Å². The van der Waals surface area contributed by atoms with Crippen LogP contribution in [0.2, 0.25) is 0 Å². The minimum atomic E-state index is 0.351. The average Bonchev–Trinajstić information content (AvgIpc) is 2.29. The molecule has 0 saturated heterocycles. The molecule has 0 aliphatic carbocycles. The third-order valence-electron chi connectivity index (χ3n) is 2.36. The number of hydrogen-bond acceptors (Lipinski definition) is 6. The number of rotatable bonds is 6. The number of nitrogens with zero attached hydrogens (tertiary/aromatic N) is 3. The standard InChI is InChI=1S/C10H19N5O/c1-4-15(2)6-5-12-10-8(16-3)9(11)13-7-14-10/h7H,4-6H2,1-3H3,(H3,11,12,13,14). The number of aromatic nitrogens is 2. The van der Waals surface area contributed by atoms with E-state index < -0.39 is 0 Å². The van der Waals surface area contributed by atoms with Gasteiger partial charge in [-0.2, -0.15) is 0 Å². The number of nitrogens with two attached hydrogens (primary N) is 1. The van der Waals surface area contributed by atoms with Crippen molar-refractivity contribution < 1.29 is 4.74 Å². The molecule has 1 rings (SSSR count). The monoisotopic (exact) mass is 225 g/mol. The van der Waals surface area contributed by atoms with Crippen LogP contribution in [-0.2, 0) is 0 Å². The molecule has 0 aliphatic rings. The summed E-state index contributed by atoms with van der Waals surface area (Å²) < 4.78 is 5.13. The van der Waals surface area contributed by atoms with Gasteiger partial charge in [-0.25, -0.2) is 9.97 Å². The first kappa shape index (κ1) is 12.5. The maximum Gasteiger partial charge on any atom is 0.203 e. The SMILES string of the molecule is CCN(C)CCNc1ncnc(N)c1OC. The van der Waals surface area contributed by atoms with Crippen molar-refractivity contribution in [1.29, 1.82) is 0 Å². The molecule has 1 aromatic heterocycles. The van der Waals surface area contributed by atoms with Gasteiger partial charge in [-0.1, -0.05) is 6.92 Å². The number of nitrogen functional groups attached to an aromatic ring is 1. The molecule has 0 radical (unpaired) electrons. The summed E-state index contributed by atoms with van der Waals surface area (Å²) in [7, 11) is 3.62. The second-order valence-electron chi connectivity index (χ2n) is 3.46. The Hall–Kier alpha value is -1.56. The van der Waals surface area contributed by atoms with Crippen molar-refractivity contribution in [1.82, 2.24) is 14.9 Å². The molecule has 6 nitrogen and oxygen atoms in total. The fourth-order valence-electron chi connectivity index (χ4n) is 1.24. The van der Waals surface area contributed by atoms with Gasteiger partial charge < -0.3 is 20.7 Å². The Bertz CT molecular complexity index is 331. The summed E-state index contributed by atoms with van der Waals surface area (Å²) >= 11 is 0. The third kappa shape index (κ3) is 3.23. The van der Waals surface area contributed by atoms with Gasteiger partial charge in [0.15, 0.2) is 11.6 Å². The second-order valence-corrected chi connectivity index (χ2v) is 3.46. The Morgan fingerprint density at radius 3 is 2.88 bits per heavy atom. The van der Waals surface area contributed by atoms with Crippen molar-refractivity contribution in [2.45, 2.75) is 6.92 Å². The highest BCUT2D eigenvalue weighted by molar-refractivity contribution is 5.61. The van der Waals surface area contributed by atoms with E-state index in [1.807, 2.05) is 0 Å². The Labute approximate surface area is 95.8 Å². The highest BCUT2D eigenvalue weighted by atomic mass is 16.5. The first-order chi connectivity index (χ1) is 7.69. The van der Waals surface area contributed by atoms with E-state index in [-0.39, 0.29) is 0 Å². The van der Waals surface area contributed by atoms with Crippen LogP contribution in [0.5, 0.6) is 5.75 Å². The Morgan fingerprint density at radius 2 is 2.25 bits per heavy atom. The van der Waals surface area contributed by atoms with E-state index in [4.69, 9.17) is 10.5 Å². The molecule has 16 heavy (non-hydrogen) atoms. The summed E-state index contributed by atoms with van der Waals surface area (Å²) in [6, 6.07) is 0. The van der Waals surface area contributed by atoms with E-state index in [0.29, 0.717) is 17.4 Å². The van der Waals surface area contributed by atoms with E-state index >= 15 is 0 Å². The van der Waals surface area contributed by atoms with Gasteiger partial charge in [0.25, 0.3) is 0 Å². The van der Waals surface area contributed by atoms with E-state index in [9.17, 15) is 0 Å². The van der Waals surface area contributed by atoms with Crippen LogP contribution in [0, 0.1) is 0 Å². The van der Waals surface area contributed by atoms with Crippen molar-refractivity contribution >= 4 is 11.6 Å². The molecule has 0 aromatic carbocycles. The van der Waals surface area contributed by atoms with Gasteiger partial charge >= 0.3 is 0 Å². The lowest BCUT2D eigenvalue weighted by Gasteiger charge is -2.15. The van der Waals surface area contributed by atoms with Crippen LogP contribution in [0.1, 0.15) is 6.92 Å². The average molecular weight is 225 g/mol. The lowest BCUT2D eigenvalue weighted by molar-refractivity contribution is 0.366. The molecule has 0 atom stereocenters. The molecule has 0 bridgehead atoms. The van der Waals surface area contributed by atoms with Crippen molar-refractivity contribution in [2.24, 2.45) is 0 Å². The van der Waals surface area contributed by atoms with Crippen LogP contribution in [0.3, 0.4) is 0 Å². The first-order valence-electron chi connectivity index (χ1n) is 5.25. The summed E-state index contributed by atoms with van der Waals surface area (Å²) in [6.07, 6.45) is 1.42. The number of methoxy groups -OCH3 is 1. The number of anilines is 2. The summed E-state index contributed by atoms with van der Waals surface area (Å²) in [5.41, 5.74) is 5.66. The van der Waals surface area contributed by atoms with Gasteiger partial charge in [-0.05, 0) is 13.6 Å². The fraction of sp³-hybridized carbons (Fsp3) is 0.600.